The van der Waals surface area contributed by atoms with Crippen molar-refractivity contribution in [2.45, 2.75) is 32.5 Å². The van der Waals surface area contributed by atoms with Gasteiger partial charge in [-0.3, -0.25) is 4.79 Å². The maximum absolute atomic E-state index is 14.3. The lowest BCUT2D eigenvalue weighted by atomic mass is 9.99. The van der Waals surface area contributed by atoms with Crippen molar-refractivity contribution in [3.8, 4) is 0 Å². The van der Waals surface area contributed by atoms with Crippen molar-refractivity contribution in [2.75, 3.05) is 5.32 Å². The maximum Gasteiger partial charge on any atom is 0.258 e. The number of benzene rings is 2. The number of halogens is 5. The first kappa shape index (κ1) is 18.2. The largest absolute Gasteiger partial charge is 0.361 e. The monoisotopic (exact) mass is 370 g/mol. The third kappa shape index (κ3) is 2.60. The van der Waals surface area contributed by atoms with Crippen molar-refractivity contribution in [1.29, 1.82) is 0 Å². The molecule has 0 aromatic heterocycles. The average Bonchev–Trinajstić information content (AvgIpc) is 2.64. The van der Waals surface area contributed by atoms with Crippen LogP contribution in [0.2, 0.25) is 0 Å². The van der Waals surface area contributed by atoms with Crippen LogP contribution in [0, 0.1) is 29.1 Å². The van der Waals surface area contributed by atoms with E-state index in [4.69, 9.17) is 0 Å². The number of hydrogen-bond acceptors (Lipinski definition) is 2. The van der Waals surface area contributed by atoms with Crippen molar-refractivity contribution < 1.29 is 26.7 Å². The van der Waals surface area contributed by atoms with Gasteiger partial charge in [0.2, 0.25) is 5.82 Å². The lowest BCUT2D eigenvalue weighted by Gasteiger charge is -2.41. The van der Waals surface area contributed by atoms with Crippen molar-refractivity contribution in [3.63, 3.8) is 0 Å². The lowest BCUT2D eigenvalue weighted by molar-refractivity contribution is 0.0583. The van der Waals surface area contributed by atoms with Gasteiger partial charge in [0.05, 0.1) is 11.1 Å². The number of carbonyl (C=O) groups is 1. The zero-order valence-electron chi connectivity index (χ0n) is 13.9. The molecule has 26 heavy (non-hydrogen) atoms. The topological polar surface area (TPSA) is 32.3 Å². The van der Waals surface area contributed by atoms with Gasteiger partial charge in [-0.1, -0.05) is 19.1 Å². The highest BCUT2D eigenvalue weighted by molar-refractivity contribution is 6.01. The third-order valence-corrected chi connectivity index (χ3v) is 4.55. The molecule has 0 spiro atoms. The van der Waals surface area contributed by atoms with Crippen molar-refractivity contribution in [1.82, 2.24) is 4.90 Å². The van der Waals surface area contributed by atoms with E-state index >= 15 is 0 Å². The molecule has 1 amide bonds. The second-order valence-corrected chi connectivity index (χ2v) is 6.05. The van der Waals surface area contributed by atoms with E-state index in [1.807, 2.05) is 0 Å². The van der Waals surface area contributed by atoms with Gasteiger partial charge < -0.3 is 10.2 Å². The van der Waals surface area contributed by atoms with Crippen molar-refractivity contribution in [3.05, 3.63) is 64.5 Å². The van der Waals surface area contributed by atoms with Gasteiger partial charge in [-0.2, -0.15) is 0 Å². The molecule has 1 N–H and O–H groups in total. The summed E-state index contributed by atoms with van der Waals surface area (Å²) in [6.07, 6.45) is -1.11. The van der Waals surface area contributed by atoms with Gasteiger partial charge in [0.15, 0.2) is 23.3 Å². The summed E-state index contributed by atoms with van der Waals surface area (Å²) < 4.78 is 69.4. The van der Waals surface area contributed by atoms with Crippen LogP contribution in [0.4, 0.5) is 27.6 Å². The van der Waals surface area contributed by atoms with E-state index in [0.717, 1.165) is 4.90 Å². The maximum atomic E-state index is 14.3. The predicted octanol–water partition coefficient (Wildman–Crippen LogP) is 4.75. The molecule has 3 rings (SSSR count). The van der Waals surface area contributed by atoms with Crippen LogP contribution in [0.1, 0.15) is 42.4 Å². The number of nitrogens with zero attached hydrogens (tertiary/aromatic N) is 1. The highest BCUT2D eigenvalue weighted by atomic mass is 19.2. The highest BCUT2D eigenvalue weighted by Gasteiger charge is 2.40. The summed E-state index contributed by atoms with van der Waals surface area (Å²) in [7, 11) is 0. The van der Waals surface area contributed by atoms with E-state index in [2.05, 4.69) is 5.32 Å². The molecule has 1 aliphatic heterocycles. The van der Waals surface area contributed by atoms with Crippen LogP contribution in [-0.2, 0) is 0 Å². The molecule has 138 valence electrons. The molecule has 3 nitrogen and oxygen atoms in total. The molecule has 8 heteroatoms. The molecule has 2 aromatic carbocycles. The molecule has 0 bridgehead atoms. The Kier molecular flexibility index (Phi) is 4.60. The summed E-state index contributed by atoms with van der Waals surface area (Å²) in [4.78, 5) is 13.9. The Morgan fingerprint density at radius 2 is 1.54 bits per heavy atom. The second-order valence-electron chi connectivity index (χ2n) is 6.05. The highest BCUT2D eigenvalue weighted by Crippen LogP contribution is 2.38. The Labute approximate surface area is 146 Å². The van der Waals surface area contributed by atoms with E-state index < -0.39 is 52.8 Å². The molecule has 2 atom stereocenters. The molecular formula is C18H15F5N2O. The number of carbonyl (C=O) groups excluding carboxylic acids is 1. The minimum absolute atomic E-state index is 0.256. The molecule has 0 radical (unpaired) electrons. The van der Waals surface area contributed by atoms with E-state index in [1.165, 1.54) is 12.1 Å². The number of anilines is 1. The molecule has 0 saturated carbocycles. The fourth-order valence-corrected chi connectivity index (χ4v) is 2.99. The van der Waals surface area contributed by atoms with Gasteiger partial charge >= 0.3 is 0 Å². The zero-order valence-corrected chi connectivity index (χ0v) is 13.9. The van der Waals surface area contributed by atoms with Crippen LogP contribution in [0.3, 0.4) is 0 Å². The summed E-state index contributed by atoms with van der Waals surface area (Å²) in [5, 5.41) is 2.73. The molecule has 0 unspecified atom stereocenters. The Morgan fingerprint density at radius 3 is 2.12 bits per heavy atom. The minimum atomic E-state index is -2.23. The molecule has 1 aliphatic rings. The minimum Gasteiger partial charge on any atom is -0.361 e. The second kappa shape index (κ2) is 6.59. The first-order valence-electron chi connectivity index (χ1n) is 7.99. The van der Waals surface area contributed by atoms with Crippen LogP contribution < -0.4 is 5.32 Å². The first-order valence-corrected chi connectivity index (χ1v) is 7.99. The number of rotatable bonds is 3. The SMILES string of the molecule is CC[C@@H](C)N1C(=O)c2ccccc2N[C@H]1c1c(F)c(F)c(F)c(F)c1F. The van der Waals surface area contributed by atoms with Crippen molar-refractivity contribution in [2.24, 2.45) is 0 Å². The van der Waals surface area contributed by atoms with Crippen LogP contribution in [-0.4, -0.2) is 16.8 Å². The fraction of sp³-hybridized carbons (Fsp3) is 0.278. The molecule has 0 fully saturated rings. The first-order chi connectivity index (χ1) is 12.3. The van der Waals surface area contributed by atoms with Gasteiger partial charge in [-0.15, -0.1) is 0 Å². The molecule has 2 aromatic rings. The van der Waals surface area contributed by atoms with E-state index in [1.54, 1.807) is 26.0 Å². The fourth-order valence-electron chi connectivity index (χ4n) is 2.99. The number of fused-ring (bicyclic) bond motifs is 1. The smallest absolute Gasteiger partial charge is 0.258 e. The van der Waals surface area contributed by atoms with Gasteiger partial charge in [-0.05, 0) is 25.5 Å². The van der Waals surface area contributed by atoms with Crippen LogP contribution >= 0.6 is 0 Å². The van der Waals surface area contributed by atoms with Gasteiger partial charge in [0, 0.05) is 11.7 Å². The average molecular weight is 370 g/mol. The van der Waals surface area contributed by atoms with E-state index in [0.29, 0.717) is 6.42 Å². The van der Waals surface area contributed by atoms with Gasteiger partial charge in [0.25, 0.3) is 5.91 Å². The van der Waals surface area contributed by atoms with E-state index in [-0.39, 0.29) is 11.3 Å². The molecule has 0 aliphatic carbocycles. The normalized spacial score (nSPS) is 17.7. The Hall–Kier alpha value is -2.64. The molecule has 1 heterocycles. The Balaban J connectivity index is 2.25. The number of hydrogen-bond donors (Lipinski definition) is 1. The quantitative estimate of drug-likeness (QED) is 0.481. The Morgan fingerprint density at radius 1 is 1.00 bits per heavy atom. The van der Waals surface area contributed by atoms with Gasteiger partial charge in [0.1, 0.15) is 6.17 Å². The summed E-state index contributed by atoms with van der Waals surface area (Å²) in [6, 6.07) is 5.72. The van der Waals surface area contributed by atoms with Crippen LogP contribution in [0.15, 0.2) is 24.3 Å². The summed E-state index contributed by atoms with van der Waals surface area (Å²) in [6.45, 7) is 3.38. The molecular weight excluding hydrogens is 355 g/mol. The number of nitrogens with one attached hydrogen (secondary N) is 1. The van der Waals surface area contributed by atoms with Crippen LogP contribution in [0.5, 0.6) is 0 Å². The number of amides is 1. The zero-order chi connectivity index (χ0) is 19.2. The third-order valence-electron chi connectivity index (χ3n) is 4.55. The Bertz CT molecular complexity index is 857. The summed E-state index contributed by atoms with van der Waals surface area (Å²) in [5.74, 6) is -10.8. The summed E-state index contributed by atoms with van der Waals surface area (Å²) >= 11 is 0. The van der Waals surface area contributed by atoms with Gasteiger partial charge in [-0.25, -0.2) is 22.0 Å². The summed E-state index contributed by atoms with van der Waals surface area (Å²) in [5.41, 5.74) is -0.566. The predicted molar refractivity (Wildman–Crippen MR) is 85.0 cm³/mol. The molecule has 0 saturated heterocycles. The lowest BCUT2D eigenvalue weighted by Crippen LogP contribution is -2.48. The number of para-hydroxylation sites is 1. The van der Waals surface area contributed by atoms with Crippen LogP contribution in [0.25, 0.3) is 0 Å². The van der Waals surface area contributed by atoms with E-state index in [9.17, 15) is 26.7 Å². The standard InChI is InChI=1S/C18H15F5N2O/c1-3-8(2)25-17(24-10-7-5-4-6-9(10)18(25)26)11-12(19)14(21)16(23)15(22)13(11)20/h4-8,17,24H,3H2,1-2H3/t8-,17-/m1/s1. The van der Waals surface area contributed by atoms with Crippen molar-refractivity contribution >= 4 is 11.6 Å².